The van der Waals surface area contributed by atoms with E-state index < -0.39 is 0 Å². The summed E-state index contributed by atoms with van der Waals surface area (Å²) >= 11 is 5.94. The Morgan fingerprint density at radius 2 is 2.06 bits per heavy atom. The van der Waals surface area contributed by atoms with Crippen LogP contribution in [0.4, 0.5) is 0 Å². The van der Waals surface area contributed by atoms with Crippen LogP contribution < -0.4 is 5.32 Å². The molecule has 0 radical (unpaired) electrons. The maximum Gasteiger partial charge on any atom is 0.0406 e. The maximum absolute atomic E-state index is 5.94. The van der Waals surface area contributed by atoms with Crippen molar-refractivity contribution in [3.8, 4) is 0 Å². The third-order valence-corrected chi connectivity index (χ3v) is 3.85. The molecule has 1 aliphatic heterocycles. The van der Waals surface area contributed by atoms with Crippen LogP contribution >= 0.6 is 11.6 Å². The summed E-state index contributed by atoms with van der Waals surface area (Å²) in [4.78, 5) is 2.31. The Kier molecular flexibility index (Phi) is 4.43. The molecule has 0 bridgehead atoms. The molecule has 1 aliphatic rings. The zero-order valence-electron chi connectivity index (χ0n) is 10.6. The monoisotopic (exact) mass is 252 g/mol. The first-order valence-corrected chi connectivity index (χ1v) is 6.67. The third kappa shape index (κ3) is 3.44. The Bertz CT molecular complexity index is 342. The molecule has 1 heterocycles. The lowest BCUT2D eigenvalue weighted by molar-refractivity contribution is 0.253. The van der Waals surface area contributed by atoms with Gasteiger partial charge in [-0.1, -0.05) is 23.7 Å². The second-order valence-electron chi connectivity index (χ2n) is 5.13. The van der Waals surface area contributed by atoms with E-state index in [4.69, 9.17) is 11.6 Å². The van der Waals surface area contributed by atoms with Crippen molar-refractivity contribution in [1.29, 1.82) is 0 Å². The molecule has 17 heavy (non-hydrogen) atoms. The molecule has 2 unspecified atom stereocenters. The molecule has 1 aromatic carbocycles. The lowest BCUT2D eigenvalue weighted by atomic mass is 9.93. The minimum Gasteiger partial charge on any atom is -0.316 e. The largest absolute Gasteiger partial charge is 0.316 e. The van der Waals surface area contributed by atoms with Gasteiger partial charge in [-0.15, -0.1) is 0 Å². The van der Waals surface area contributed by atoms with E-state index in [-0.39, 0.29) is 0 Å². The molecule has 94 valence electrons. The molecule has 0 saturated carbocycles. The van der Waals surface area contributed by atoms with Gasteiger partial charge in [-0.25, -0.2) is 0 Å². The van der Waals surface area contributed by atoms with Gasteiger partial charge in [0.05, 0.1) is 0 Å². The summed E-state index contributed by atoms with van der Waals surface area (Å²) < 4.78 is 0. The number of rotatable bonds is 4. The Balaban J connectivity index is 2.08. The van der Waals surface area contributed by atoms with Crippen LogP contribution in [0.2, 0.25) is 5.02 Å². The van der Waals surface area contributed by atoms with E-state index in [0.29, 0.717) is 6.04 Å². The quantitative estimate of drug-likeness (QED) is 0.887. The van der Waals surface area contributed by atoms with E-state index in [1.54, 1.807) is 0 Å². The summed E-state index contributed by atoms with van der Waals surface area (Å²) in [6.07, 6.45) is 2.53. The van der Waals surface area contributed by atoms with Crippen LogP contribution in [-0.2, 0) is 0 Å². The molecule has 1 saturated heterocycles. The van der Waals surface area contributed by atoms with Crippen LogP contribution in [0.3, 0.4) is 0 Å². The first-order chi connectivity index (χ1) is 8.16. The SMILES string of the molecule is CN(C)C(CC1CCNC1)c1ccc(Cl)cc1. The standard InChI is InChI=1S/C14H21ClN2/c1-17(2)14(9-11-7-8-16-10-11)12-3-5-13(15)6-4-12/h3-6,11,14,16H,7-10H2,1-2H3. The van der Waals surface area contributed by atoms with Crippen molar-refractivity contribution in [2.45, 2.75) is 18.9 Å². The van der Waals surface area contributed by atoms with Crippen LogP contribution in [0, 0.1) is 5.92 Å². The van der Waals surface area contributed by atoms with E-state index >= 15 is 0 Å². The predicted molar refractivity (Wildman–Crippen MR) is 73.5 cm³/mol. The Morgan fingerprint density at radius 3 is 2.59 bits per heavy atom. The topological polar surface area (TPSA) is 15.3 Å². The van der Waals surface area contributed by atoms with Crippen LogP contribution in [0.5, 0.6) is 0 Å². The Morgan fingerprint density at radius 1 is 1.35 bits per heavy atom. The highest BCUT2D eigenvalue weighted by Crippen LogP contribution is 2.29. The normalized spacial score (nSPS) is 22.0. The molecular weight excluding hydrogens is 232 g/mol. The molecule has 1 aromatic rings. The number of benzene rings is 1. The summed E-state index contributed by atoms with van der Waals surface area (Å²) in [5.41, 5.74) is 1.37. The summed E-state index contributed by atoms with van der Waals surface area (Å²) in [5.74, 6) is 0.804. The van der Waals surface area contributed by atoms with Gasteiger partial charge >= 0.3 is 0 Å². The van der Waals surface area contributed by atoms with Gasteiger partial charge in [0.25, 0.3) is 0 Å². The van der Waals surface area contributed by atoms with Gasteiger partial charge < -0.3 is 10.2 Å². The lowest BCUT2D eigenvalue weighted by Crippen LogP contribution is -2.23. The molecule has 2 atom stereocenters. The summed E-state index contributed by atoms with van der Waals surface area (Å²) in [7, 11) is 4.31. The Labute approximate surface area is 109 Å². The number of nitrogens with zero attached hydrogens (tertiary/aromatic N) is 1. The number of nitrogens with one attached hydrogen (secondary N) is 1. The van der Waals surface area contributed by atoms with Gasteiger partial charge in [0, 0.05) is 11.1 Å². The van der Waals surface area contributed by atoms with E-state index in [1.165, 1.54) is 24.9 Å². The second-order valence-corrected chi connectivity index (χ2v) is 5.56. The zero-order chi connectivity index (χ0) is 12.3. The van der Waals surface area contributed by atoms with E-state index in [0.717, 1.165) is 17.5 Å². The fourth-order valence-electron chi connectivity index (χ4n) is 2.56. The average Bonchev–Trinajstić information content (AvgIpc) is 2.80. The second kappa shape index (κ2) is 5.85. The minimum absolute atomic E-state index is 0.497. The van der Waals surface area contributed by atoms with E-state index in [9.17, 15) is 0 Å². The van der Waals surface area contributed by atoms with Gasteiger partial charge in [-0.2, -0.15) is 0 Å². The third-order valence-electron chi connectivity index (χ3n) is 3.60. The van der Waals surface area contributed by atoms with Gasteiger partial charge in [-0.3, -0.25) is 0 Å². The van der Waals surface area contributed by atoms with Crippen molar-refractivity contribution < 1.29 is 0 Å². The maximum atomic E-state index is 5.94. The molecule has 0 amide bonds. The van der Waals surface area contributed by atoms with Crippen molar-refractivity contribution in [2.24, 2.45) is 5.92 Å². The average molecular weight is 253 g/mol. The fourth-order valence-corrected chi connectivity index (χ4v) is 2.69. The molecule has 1 fully saturated rings. The van der Waals surface area contributed by atoms with Crippen molar-refractivity contribution in [2.75, 3.05) is 27.2 Å². The van der Waals surface area contributed by atoms with E-state index in [1.807, 2.05) is 12.1 Å². The Hall–Kier alpha value is -0.570. The zero-order valence-corrected chi connectivity index (χ0v) is 11.4. The molecule has 2 rings (SSSR count). The van der Waals surface area contributed by atoms with Crippen LogP contribution in [0.25, 0.3) is 0 Å². The highest BCUT2D eigenvalue weighted by molar-refractivity contribution is 6.30. The highest BCUT2D eigenvalue weighted by atomic mass is 35.5. The van der Waals surface area contributed by atoms with Crippen LogP contribution in [0.1, 0.15) is 24.4 Å². The molecular formula is C14H21ClN2. The smallest absolute Gasteiger partial charge is 0.0406 e. The van der Waals surface area contributed by atoms with Gasteiger partial charge in [0.2, 0.25) is 0 Å². The summed E-state index contributed by atoms with van der Waals surface area (Å²) in [5, 5.41) is 4.25. The molecule has 3 heteroatoms. The predicted octanol–water partition coefficient (Wildman–Crippen LogP) is 2.94. The van der Waals surface area contributed by atoms with Crippen molar-refractivity contribution in [3.05, 3.63) is 34.9 Å². The van der Waals surface area contributed by atoms with Crippen LogP contribution in [0.15, 0.2) is 24.3 Å². The van der Waals surface area contributed by atoms with Gasteiger partial charge in [0.15, 0.2) is 0 Å². The lowest BCUT2D eigenvalue weighted by Gasteiger charge is -2.27. The molecule has 2 nitrogen and oxygen atoms in total. The first-order valence-electron chi connectivity index (χ1n) is 6.29. The summed E-state index contributed by atoms with van der Waals surface area (Å²) in [6, 6.07) is 8.77. The number of hydrogen-bond acceptors (Lipinski definition) is 2. The van der Waals surface area contributed by atoms with E-state index in [2.05, 4.69) is 36.4 Å². The van der Waals surface area contributed by atoms with Crippen molar-refractivity contribution in [1.82, 2.24) is 10.2 Å². The first kappa shape index (κ1) is 12.9. The number of halogens is 1. The molecule has 0 spiro atoms. The summed E-state index contributed by atoms with van der Waals surface area (Å²) in [6.45, 7) is 2.34. The number of hydrogen-bond donors (Lipinski definition) is 1. The van der Waals surface area contributed by atoms with Crippen molar-refractivity contribution in [3.63, 3.8) is 0 Å². The minimum atomic E-state index is 0.497. The fraction of sp³-hybridized carbons (Fsp3) is 0.571. The highest BCUT2D eigenvalue weighted by Gasteiger charge is 2.22. The van der Waals surface area contributed by atoms with Crippen LogP contribution in [-0.4, -0.2) is 32.1 Å². The van der Waals surface area contributed by atoms with Crippen molar-refractivity contribution >= 4 is 11.6 Å². The molecule has 0 aromatic heterocycles. The molecule has 0 aliphatic carbocycles. The van der Waals surface area contributed by atoms with Gasteiger partial charge in [0.1, 0.15) is 0 Å². The molecule has 1 N–H and O–H groups in total. The van der Waals surface area contributed by atoms with Gasteiger partial charge in [-0.05, 0) is 63.6 Å².